The van der Waals surface area contributed by atoms with Crippen LogP contribution in [0.4, 0.5) is 0 Å². The number of nitrogens with one attached hydrogen (secondary N) is 1. The van der Waals surface area contributed by atoms with Crippen LogP contribution in [0.25, 0.3) is 0 Å². The fraction of sp³-hybridized carbons (Fsp3) is 0.538. The van der Waals surface area contributed by atoms with E-state index in [0.29, 0.717) is 12.4 Å². The van der Waals surface area contributed by atoms with Crippen molar-refractivity contribution in [3.8, 4) is 5.75 Å². The highest BCUT2D eigenvalue weighted by molar-refractivity contribution is 7.89. The van der Waals surface area contributed by atoms with E-state index in [2.05, 4.69) is 24.3 Å². The summed E-state index contributed by atoms with van der Waals surface area (Å²) >= 11 is 3.98. The van der Waals surface area contributed by atoms with Crippen molar-refractivity contribution in [1.29, 1.82) is 0 Å². The molecule has 0 aliphatic carbocycles. The van der Waals surface area contributed by atoms with E-state index in [1.807, 2.05) is 0 Å². The Kier molecular flexibility index (Phi) is 7.36. The summed E-state index contributed by atoms with van der Waals surface area (Å²) in [5.74, 6) is 0.874. The van der Waals surface area contributed by atoms with Crippen molar-refractivity contribution in [2.24, 2.45) is 0 Å². The van der Waals surface area contributed by atoms with E-state index in [0.717, 1.165) is 12.8 Å². The molecule has 0 saturated heterocycles. The lowest BCUT2D eigenvalue weighted by Crippen LogP contribution is -2.38. The minimum absolute atomic E-state index is 0.139. The number of sulfonamides is 1. The monoisotopic (exact) mass is 319 g/mol. The molecule has 0 fully saturated rings. The summed E-state index contributed by atoms with van der Waals surface area (Å²) in [6.07, 6.45) is 2.00. The van der Waals surface area contributed by atoms with Crippen LogP contribution in [0.3, 0.4) is 0 Å². The number of hydrogen-bond donors (Lipinski definition) is 3. The van der Waals surface area contributed by atoms with Crippen molar-refractivity contribution in [2.75, 3.05) is 19.0 Å². The van der Waals surface area contributed by atoms with Crippen molar-refractivity contribution in [3.63, 3.8) is 0 Å². The summed E-state index contributed by atoms with van der Waals surface area (Å²) in [7, 11) is -3.64. The standard InChI is InChI=1S/C13H21NO4S2/c1-2-3-8-18-12-4-6-13(7-5-12)20(16,17)14-11(9-15)10-19/h4-7,11,14-15,19H,2-3,8-10H2,1H3. The van der Waals surface area contributed by atoms with Crippen LogP contribution >= 0.6 is 12.6 Å². The second-order valence-electron chi connectivity index (χ2n) is 4.36. The van der Waals surface area contributed by atoms with E-state index < -0.39 is 16.1 Å². The molecule has 1 aromatic carbocycles. The molecule has 2 N–H and O–H groups in total. The first-order valence-electron chi connectivity index (χ1n) is 6.50. The van der Waals surface area contributed by atoms with Gasteiger partial charge in [-0.25, -0.2) is 13.1 Å². The van der Waals surface area contributed by atoms with Crippen LogP contribution in [-0.4, -0.2) is 38.5 Å². The molecular weight excluding hydrogens is 298 g/mol. The Bertz CT molecular complexity index is 484. The summed E-state index contributed by atoms with van der Waals surface area (Å²) < 4.78 is 31.9. The number of ether oxygens (including phenoxy) is 1. The smallest absolute Gasteiger partial charge is 0.240 e. The summed E-state index contributed by atoms with van der Waals surface area (Å²) in [6, 6.07) is 5.62. The van der Waals surface area contributed by atoms with Gasteiger partial charge >= 0.3 is 0 Å². The Hall–Kier alpha value is -0.760. The molecule has 7 heteroatoms. The minimum Gasteiger partial charge on any atom is -0.494 e. The van der Waals surface area contributed by atoms with Gasteiger partial charge in [0.15, 0.2) is 0 Å². The third-order valence-electron chi connectivity index (χ3n) is 2.66. The minimum atomic E-state index is -3.64. The van der Waals surface area contributed by atoms with Crippen LogP contribution in [-0.2, 0) is 10.0 Å². The SMILES string of the molecule is CCCCOc1ccc(S(=O)(=O)NC(CO)CS)cc1. The highest BCUT2D eigenvalue weighted by atomic mass is 32.2. The number of hydrogen-bond acceptors (Lipinski definition) is 5. The first-order chi connectivity index (χ1) is 9.53. The van der Waals surface area contributed by atoms with Gasteiger partial charge in [-0.1, -0.05) is 13.3 Å². The van der Waals surface area contributed by atoms with Gasteiger partial charge < -0.3 is 9.84 Å². The molecule has 0 aliphatic rings. The second kappa shape index (κ2) is 8.51. The highest BCUT2D eigenvalue weighted by Crippen LogP contribution is 2.16. The van der Waals surface area contributed by atoms with Crippen molar-refractivity contribution >= 4 is 22.7 Å². The van der Waals surface area contributed by atoms with Gasteiger partial charge in [0.2, 0.25) is 10.0 Å². The van der Waals surface area contributed by atoms with Crippen molar-refractivity contribution < 1.29 is 18.3 Å². The number of unbranched alkanes of at least 4 members (excludes halogenated alkanes) is 1. The van der Waals surface area contributed by atoms with Gasteiger partial charge in [-0.15, -0.1) is 0 Å². The Morgan fingerprint density at radius 3 is 2.50 bits per heavy atom. The molecule has 0 radical (unpaired) electrons. The van der Waals surface area contributed by atoms with E-state index in [1.54, 1.807) is 12.1 Å². The normalized spacial score (nSPS) is 13.2. The number of aliphatic hydroxyl groups excluding tert-OH is 1. The maximum atomic E-state index is 12.0. The molecule has 0 saturated carbocycles. The second-order valence-corrected chi connectivity index (χ2v) is 6.44. The average molecular weight is 319 g/mol. The zero-order chi connectivity index (χ0) is 15.0. The Morgan fingerprint density at radius 2 is 2.00 bits per heavy atom. The van der Waals surface area contributed by atoms with Gasteiger partial charge in [-0.2, -0.15) is 12.6 Å². The molecule has 114 valence electrons. The largest absolute Gasteiger partial charge is 0.494 e. The molecule has 1 rings (SSSR count). The molecule has 1 unspecified atom stereocenters. The number of aliphatic hydroxyl groups is 1. The quantitative estimate of drug-likeness (QED) is 0.475. The molecule has 1 atom stereocenters. The molecule has 5 nitrogen and oxygen atoms in total. The van der Waals surface area contributed by atoms with Crippen LogP contribution in [0.15, 0.2) is 29.2 Å². The lowest BCUT2D eigenvalue weighted by atomic mass is 10.3. The van der Waals surface area contributed by atoms with Gasteiger partial charge in [0.25, 0.3) is 0 Å². The number of thiol groups is 1. The van der Waals surface area contributed by atoms with E-state index in [4.69, 9.17) is 9.84 Å². The van der Waals surface area contributed by atoms with E-state index in [1.165, 1.54) is 12.1 Å². The molecule has 0 aliphatic heterocycles. The van der Waals surface area contributed by atoms with E-state index in [9.17, 15) is 8.42 Å². The predicted octanol–water partition coefficient (Wildman–Crippen LogP) is 1.43. The molecule has 0 bridgehead atoms. The zero-order valence-electron chi connectivity index (χ0n) is 11.4. The third-order valence-corrected chi connectivity index (χ3v) is 4.64. The third kappa shape index (κ3) is 5.32. The first kappa shape index (κ1) is 17.3. The van der Waals surface area contributed by atoms with Crippen molar-refractivity contribution in [3.05, 3.63) is 24.3 Å². The fourth-order valence-corrected chi connectivity index (χ4v) is 3.03. The zero-order valence-corrected chi connectivity index (χ0v) is 13.2. The highest BCUT2D eigenvalue weighted by Gasteiger charge is 2.18. The lowest BCUT2D eigenvalue weighted by Gasteiger charge is -2.14. The Balaban J connectivity index is 2.71. The van der Waals surface area contributed by atoms with E-state index >= 15 is 0 Å². The molecule has 0 amide bonds. The topological polar surface area (TPSA) is 75.6 Å². The van der Waals surface area contributed by atoms with Gasteiger partial charge in [0.1, 0.15) is 5.75 Å². The average Bonchev–Trinajstić information content (AvgIpc) is 2.45. The van der Waals surface area contributed by atoms with E-state index in [-0.39, 0.29) is 17.3 Å². The van der Waals surface area contributed by atoms with Crippen molar-refractivity contribution in [1.82, 2.24) is 4.72 Å². The van der Waals surface area contributed by atoms with Crippen LogP contribution < -0.4 is 9.46 Å². The molecule has 20 heavy (non-hydrogen) atoms. The Morgan fingerprint density at radius 1 is 1.35 bits per heavy atom. The van der Waals surface area contributed by atoms with Gasteiger partial charge in [0.05, 0.1) is 24.2 Å². The summed E-state index contributed by atoms with van der Waals surface area (Å²) in [5.41, 5.74) is 0. The summed E-state index contributed by atoms with van der Waals surface area (Å²) in [5, 5.41) is 9.01. The molecule has 1 aromatic rings. The lowest BCUT2D eigenvalue weighted by molar-refractivity contribution is 0.267. The molecule has 0 aromatic heterocycles. The Labute approximate surface area is 125 Å². The maximum absolute atomic E-state index is 12.0. The predicted molar refractivity (Wildman–Crippen MR) is 81.9 cm³/mol. The fourth-order valence-electron chi connectivity index (χ4n) is 1.47. The van der Waals surface area contributed by atoms with Crippen LogP contribution in [0.2, 0.25) is 0 Å². The van der Waals surface area contributed by atoms with Crippen LogP contribution in [0.1, 0.15) is 19.8 Å². The molecule has 0 heterocycles. The van der Waals surface area contributed by atoms with Gasteiger partial charge in [-0.05, 0) is 30.7 Å². The van der Waals surface area contributed by atoms with Crippen molar-refractivity contribution in [2.45, 2.75) is 30.7 Å². The first-order valence-corrected chi connectivity index (χ1v) is 8.62. The molecular formula is C13H21NO4S2. The van der Waals surface area contributed by atoms with Gasteiger partial charge in [-0.3, -0.25) is 0 Å². The summed E-state index contributed by atoms with van der Waals surface area (Å²) in [4.78, 5) is 0.139. The van der Waals surface area contributed by atoms with Gasteiger partial charge in [0, 0.05) is 5.75 Å². The number of rotatable bonds is 9. The maximum Gasteiger partial charge on any atom is 0.240 e. The number of benzene rings is 1. The van der Waals surface area contributed by atoms with Crippen LogP contribution in [0, 0.1) is 0 Å². The molecule has 0 spiro atoms. The summed E-state index contributed by atoms with van der Waals surface area (Å²) in [6.45, 7) is 2.40. The van der Waals surface area contributed by atoms with Crippen LogP contribution in [0.5, 0.6) is 5.75 Å².